The van der Waals surface area contributed by atoms with Crippen molar-refractivity contribution in [1.82, 2.24) is 14.9 Å². The molecular weight excluding hydrogens is 377 g/mol. The van der Waals surface area contributed by atoms with Gasteiger partial charge in [0.2, 0.25) is 0 Å². The van der Waals surface area contributed by atoms with Crippen LogP contribution in [0.4, 0.5) is 9.18 Å². The molecule has 8 heteroatoms. The van der Waals surface area contributed by atoms with Gasteiger partial charge in [0.05, 0.1) is 18.3 Å². The van der Waals surface area contributed by atoms with Gasteiger partial charge in [0.25, 0.3) is 5.56 Å². The van der Waals surface area contributed by atoms with Crippen LogP contribution in [0, 0.1) is 11.7 Å². The maximum absolute atomic E-state index is 14.4. The number of pyridine rings is 2. The maximum Gasteiger partial charge on any atom is 0.407 e. The van der Waals surface area contributed by atoms with Crippen LogP contribution in [-0.4, -0.2) is 33.9 Å². The highest BCUT2D eigenvalue weighted by molar-refractivity contribution is 5.81. The van der Waals surface area contributed by atoms with Gasteiger partial charge in [0, 0.05) is 19.2 Å². The van der Waals surface area contributed by atoms with Crippen molar-refractivity contribution in [3.63, 3.8) is 0 Å². The fourth-order valence-corrected chi connectivity index (χ4v) is 3.58. The summed E-state index contributed by atoms with van der Waals surface area (Å²) in [5, 5.41) is 2.91. The molecular formula is C21H28FN3O4. The fraction of sp³-hybridized carbons (Fsp3) is 0.571. The number of fused-ring (bicyclic) bond motifs is 1. The third-order valence-electron chi connectivity index (χ3n) is 5.07. The lowest BCUT2D eigenvalue weighted by atomic mass is 9.86. The first-order valence-corrected chi connectivity index (χ1v) is 9.90. The van der Waals surface area contributed by atoms with Crippen molar-refractivity contribution in [2.45, 2.75) is 58.1 Å². The number of ether oxygens (including phenoxy) is 2. The van der Waals surface area contributed by atoms with Crippen molar-refractivity contribution in [2.24, 2.45) is 13.0 Å². The normalized spacial score (nSPS) is 19.8. The predicted octanol–water partition coefficient (Wildman–Crippen LogP) is 3.53. The SMILES string of the molecule is Cn1c(=O)ccc2ncc(F)c(OCC3CCC(NC(=O)OC(C)(C)C)CC3)c21. The van der Waals surface area contributed by atoms with Crippen LogP contribution in [0.15, 0.2) is 23.1 Å². The zero-order chi connectivity index (χ0) is 21.2. The van der Waals surface area contributed by atoms with Crippen molar-refractivity contribution >= 4 is 17.1 Å². The highest BCUT2D eigenvalue weighted by atomic mass is 19.1. The number of carbonyl (C=O) groups excluding carboxylic acids is 1. The number of halogens is 1. The van der Waals surface area contributed by atoms with Crippen LogP contribution in [-0.2, 0) is 11.8 Å². The third kappa shape index (κ3) is 5.25. The predicted molar refractivity (Wildman–Crippen MR) is 108 cm³/mol. The van der Waals surface area contributed by atoms with Gasteiger partial charge in [-0.3, -0.25) is 9.78 Å². The third-order valence-corrected chi connectivity index (χ3v) is 5.07. The molecule has 0 unspecified atom stereocenters. The first-order chi connectivity index (χ1) is 13.6. The molecule has 0 aliphatic heterocycles. The van der Waals surface area contributed by atoms with E-state index in [9.17, 15) is 14.0 Å². The number of hydrogen-bond donors (Lipinski definition) is 1. The molecule has 2 aromatic rings. The van der Waals surface area contributed by atoms with E-state index in [1.807, 2.05) is 20.8 Å². The fourth-order valence-electron chi connectivity index (χ4n) is 3.58. The Morgan fingerprint density at radius 1 is 1.28 bits per heavy atom. The molecule has 0 saturated heterocycles. The van der Waals surface area contributed by atoms with Crippen molar-refractivity contribution in [3.8, 4) is 5.75 Å². The Kier molecular flexibility index (Phi) is 6.10. The minimum atomic E-state index is -0.584. The summed E-state index contributed by atoms with van der Waals surface area (Å²) in [7, 11) is 1.58. The molecule has 1 amide bonds. The number of rotatable bonds is 4. The average Bonchev–Trinajstić information content (AvgIpc) is 2.63. The van der Waals surface area contributed by atoms with Gasteiger partial charge in [0.15, 0.2) is 11.6 Å². The Bertz CT molecular complexity index is 943. The summed E-state index contributed by atoms with van der Waals surface area (Å²) in [4.78, 5) is 27.9. The van der Waals surface area contributed by atoms with Crippen LogP contribution < -0.4 is 15.6 Å². The number of hydrogen-bond acceptors (Lipinski definition) is 5. The van der Waals surface area contributed by atoms with Crippen LogP contribution in [0.1, 0.15) is 46.5 Å². The smallest absolute Gasteiger partial charge is 0.407 e. The maximum atomic E-state index is 14.4. The van der Waals surface area contributed by atoms with E-state index in [4.69, 9.17) is 9.47 Å². The van der Waals surface area contributed by atoms with Crippen LogP contribution >= 0.6 is 0 Å². The second-order valence-electron chi connectivity index (χ2n) is 8.57. The number of nitrogens with zero attached hydrogens (tertiary/aromatic N) is 2. The molecule has 0 aromatic carbocycles. The monoisotopic (exact) mass is 405 g/mol. The number of aryl methyl sites for hydroxylation is 1. The van der Waals surface area contributed by atoms with Gasteiger partial charge < -0.3 is 19.4 Å². The number of carbonyl (C=O) groups is 1. The molecule has 1 aliphatic carbocycles. The van der Waals surface area contributed by atoms with Gasteiger partial charge in [-0.15, -0.1) is 0 Å². The van der Waals surface area contributed by atoms with Gasteiger partial charge in [-0.25, -0.2) is 9.18 Å². The lowest BCUT2D eigenvalue weighted by molar-refractivity contribution is 0.0483. The van der Waals surface area contributed by atoms with Crippen LogP contribution in [0.5, 0.6) is 5.75 Å². The summed E-state index contributed by atoms with van der Waals surface area (Å²) < 4.78 is 26.8. The molecule has 29 heavy (non-hydrogen) atoms. The van der Waals surface area contributed by atoms with Gasteiger partial charge >= 0.3 is 6.09 Å². The van der Waals surface area contributed by atoms with E-state index in [0.717, 1.165) is 31.9 Å². The number of nitrogens with one attached hydrogen (secondary N) is 1. The highest BCUT2D eigenvalue weighted by Gasteiger charge is 2.25. The summed E-state index contributed by atoms with van der Waals surface area (Å²) in [6.07, 6.45) is 4.04. The Labute approximate surface area is 169 Å². The first-order valence-electron chi connectivity index (χ1n) is 9.90. The molecule has 1 fully saturated rings. The quantitative estimate of drug-likeness (QED) is 0.841. The van der Waals surface area contributed by atoms with Crippen LogP contribution in [0.25, 0.3) is 11.0 Å². The Balaban J connectivity index is 1.59. The number of alkyl carbamates (subject to hydrolysis) is 1. The molecule has 1 N–H and O–H groups in total. The Morgan fingerprint density at radius 2 is 1.97 bits per heavy atom. The molecule has 7 nitrogen and oxygen atoms in total. The molecule has 0 atom stereocenters. The van der Waals surface area contributed by atoms with E-state index >= 15 is 0 Å². The van der Waals surface area contributed by atoms with E-state index in [1.165, 1.54) is 10.6 Å². The topological polar surface area (TPSA) is 82.5 Å². The zero-order valence-electron chi connectivity index (χ0n) is 17.3. The van der Waals surface area contributed by atoms with Gasteiger partial charge in [-0.1, -0.05) is 0 Å². The average molecular weight is 405 g/mol. The summed E-state index contributed by atoms with van der Waals surface area (Å²) in [6.45, 7) is 5.84. The van der Waals surface area contributed by atoms with E-state index in [0.29, 0.717) is 17.6 Å². The molecule has 0 bridgehead atoms. The number of aromatic nitrogens is 2. The number of amides is 1. The van der Waals surface area contributed by atoms with Gasteiger partial charge in [-0.2, -0.15) is 0 Å². The Hall–Kier alpha value is -2.64. The van der Waals surface area contributed by atoms with Gasteiger partial charge in [0.1, 0.15) is 11.1 Å². The van der Waals surface area contributed by atoms with Crippen molar-refractivity contribution in [2.75, 3.05) is 6.61 Å². The van der Waals surface area contributed by atoms with Crippen molar-refractivity contribution < 1.29 is 18.7 Å². The summed E-state index contributed by atoms with van der Waals surface area (Å²) in [5.74, 6) is -0.279. The molecule has 0 spiro atoms. The van der Waals surface area contributed by atoms with E-state index in [2.05, 4.69) is 10.3 Å². The lowest BCUT2D eigenvalue weighted by Gasteiger charge is -2.30. The molecule has 3 rings (SSSR count). The van der Waals surface area contributed by atoms with Crippen LogP contribution in [0.2, 0.25) is 0 Å². The first kappa shape index (κ1) is 21.1. The van der Waals surface area contributed by atoms with E-state index in [1.54, 1.807) is 13.1 Å². The molecule has 1 saturated carbocycles. The molecule has 2 heterocycles. The molecule has 0 radical (unpaired) electrons. The largest absolute Gasteiger partial charge is 0.488 e. The summed E-state index contributed by atoms with van der Waals surface area (Å²) >= 11 is 0. The summed E-state index contributed by atoms with van der Waals surface area (Å²) in [6, 6.07) is 3.04. The molecule has 2 aromatic heterocycles. The molecule has 158 valence electrons. The van der Waals surface area contributed by atoms with Crippen molar-refractivity contribution in [3.05, 3.63) is 34.5 Å². The zero-order valence-corrected chi connectivity index (χ0v) is 17.3. The van der Waals surface area contributed by atoms with E-state index in [-0.39, 0.29) is 23.3 Å². The van der Waals surface area contributed by atoms with Crippen LogP contribution in [0.3, 0.4) is 0 Å². The minimum Gasteiger partial charge on any atom is -0.488 e. The standard InChI is InChI=1S/C21H28FN3O4/c1-21(2,3)29-20(27)24-14-7-5-13(6-8-14)12-28-19-15(22)11-23-16-9-10-17(26)25(4)18(16)19/h9-11,13-14H,5-8,12H2,1-4H3,(H,24,27). The van der Waals surface area contributed by atoms with E-state index < -0.39 is 17.5 Å². The lowest BCUT2D eigenvalue weighted by Crippen LogP contribution is -2.41. The highest BCUT2D eigenvalue weighted by Crippen LogP contribution is 2.29. The Morgan fingerprint density at radius 3 is 2.62 bits per heavy atom. The molecule has 1 aliphatic rings. The van der Waals surface area contributed by atoms with Crippen molar-refractivity contribution in [1.29, 1.82) is 0 Å². The summed E-state index contributed by atoms with van der Waals surface area (Å²) in [5.41, 5.74) is 0.0992. The van der Waals surface area contributed by atoms with Gasteiger partial charge in [-0.05, 0) is 58.4 Å². The second-order valence-corrected chi connectivity index (χ2v) is 8.57. The second kappa shape index (κ2) is 8.39. The minimum absolute atomic E-state index is 0.0594.